The van der Waals surface area contributed by atoms with Gasteiger partial charge < -0.3 is 19.9 Å². The van der Waals surface area contributed by atoms with Crippen molar-refractivity contribution in [3.63, 3.8) is 0 Å². The van der Waals surface area contributed by atoms with Gasteiger partial charge in [0.15, 0.2) is 0 Å². The lowest BCUT2D eigenvalue weighted by Crippen LogP contribution is -2.04. The van der Waals surface area contributed by atoms with Gasteiger partial charge in [-0.05, 0) is 44.0 Å². The van der Waals surface area contributed by atoms with E-state index in [-0.39, 0.29) is 24.6 Å². The summed E-state index contributed by atoms with van der Waals surface area (Å²) in [6, 6.07) is 9.08. The van der Waals surface area contributed by atoms with Crippen molar-refractivity contribution in [3.8, 4) is 11.5 Å². The van der Waals surface area contributed by atoms with Crippen LogP contribution in [0.4, 0.5) is 14.5 Å². The predicted molar refractivity (Wildman–Crippen MR) is 100 cm³/mol. The zero-order valence-electron chi connectivity index (χ0n) is 14.7. The molecular formula is C19H24ClF2NO3. The van der Waals surface area contributed by atoms with E-state index in [4.69, 9.17) is 19.9 Å². The van der Waals surface area contributed by atoms with Gasteiger partial charge in [0.25, 0.3) is 0 Å². The Morgan fingerprint density at radius 2 is 1.65 bits per heavy atom. The lowest BCUT2D eigenvalue weighted by Gasteiger charge is -2.11. The Morgan fingerprint density at radius 3 is 2.31 bits per heavy atom. The molecule has 144 valence electrons. The molecule has 0 aliphatic rings. The number of benzene rings is 2. The van der Waals surface area contributed by atoms with Crippen molar-refractivity contribution in [2.24, 2.45) is 0 Å². The number of anilines is 1. The highest BCUT2D eigenvalue weighted by Gasteiger charge is 2.08. The number of ether oxygens (including phenoxy) is 3. The Hall–Kier alpha value is -2.05. The molecule has 0 aliphatic heterocycles. The van der Waals surface area contributed by atoms with Crippen molar-refractivity contribution in [3.05, 3.63) is 53.6 Å². The number of hydrogen-bond donors (Lipinski definition) is 1. The van der Waals surface area contributed by atoms with E-state index in [1.54, 1.807) is 18.2 Å². The highest BCUT2D eigenvalue weighted by atomic mass is 35.5. The zero-order chi connectivity index (χ0) is 18.1. The quantitative estimate of drug-likeness (QED) is 0.472. The van der Waals surface area contributed by atoms with Gasteiger partial charge in [-0.15, -0.1) is 12.4 Å². The minimum atomic E-state index is -0.589. The molecule has 4 nitrogen and oxygen atoms in total. The van der Waals surface area contributed by atoms with Gasteiger partial charge >= 0.3 is 0 Å². The van der Waals surface area contributed by atoms with E-state index < -0.39 is 11.6 Å². The van der Waals surface area contributed by atoms with Gasteiger partial charge in [0, 0.05) is 18.2 Å². The van der Waals surface area contributed by atoms with Crippen molar-refractivity contribution in [1.82, 2.24) is 0 Å². The smallest absolute Gasteiger partial charge is 0.142 e. The second kappa shape index (κ2) is 11.5. The van der Waals surface area contributed by atoms with Gasteiger partial charge in [0.2, 0.25) is 0 Å². The molecule has 0 saturated heterocycles. The highest BCUT2D eigenvalue weighted by molar-refractivity contribution is 5.85. The molecule has 0 amide bonds. The Balaban J connectivity index is 0.00000338. The summed E-state index contributed by atoms with van der Waals surface area (Å²) >= 11 is 0. The second-order valence-corrected chi connectivity index (χ2v) is 5.44. The molecule has 7 heteroatoms. The number of rotatable bonds is 10. The minimum Gasteiger partial charge on any atom is -0.494 e. The maximum Gasteiger partial charge on any atom is 0.142 e. The zero-order valence-corrected chi connectivity index (χ0v) is 15.5. The Morgan fingerprint density at radius 1 is 0.962 bits per heavy atom. The van der Waals surface area contributed by atoms with E-state index in [0.717, 1.165) is 6.42 Å². The molecule has 0 spiro atoms. The summed E-state index contributed by atoms with van der Waals surface area (Å²) in [6.45, 7) is 3.29. The summed E-state index contributed by atoms with van der Waals surface area (Å²) in [7, 11) is 0. The Bertz CT molecular complexity index is 666. The topological polar surface area (TPSA) is 53.7 Å². The average molecular weight is 388 g/mol. The number of hydrogen-bond acceptors (Lipinski definition) is 4. The molecule has 0 heterocycles. The predicted octanol–water partition coefficient (Wildman–Crippen LogP) is 4.74. The number of nitrogen functional groups attached to an aromatic ring is 1. The van der Waals surface area contributed by atoms with E-state index in [0.29, 0.717) is 43.4 Å². The molecule has 0 atom stereocenters. The van der Waals surface area contributed by atoms with Gasteiger partial charge in [0.05, 0.1) is 25.5 Å². The monoisotopic (exact) mass is 387 g/mol. The van der Waals surface area contributed by atoms with Crippen LogP contribution in [0.5, 0.6) is 11.5 Å². The maximum absolute atomic E-state index is 13.4. The number of unbranched alkanes of at least 4 members (excludes halogenated alkanes) is 1. The molecule has 0 bridgehead atoms. The van der Waals surface area contributed by atoms with Crippen LogP contribution in [0.3, 0.4) is 0 Å². The van der Waals surface area contributed by atoms with Gasteiger partial charge in [-0.2, -0.15) is 0 Å². The third-order valence-electron chi connectivity index (χ3n) is 3.54. The summed E-state index contributed by atoms with van der Waals surface area (Å²) in [5.41, 5.74) is 6.39. The molecule has 0 aliphatic carbocycles. The summed E-state index contributed by atoms with van der Waals surface area (Å²) in [4.78, 5) is 0. The minimum absolute atomic E-state index is 0. The van der Waals surface area contributed by atoms with Crippen LogP contribution >= 0.6 is 12.4 Å². The fourth-order valence-electron chi connectivity index (χ4n) is 2.25. The van der Waals surface area contributed by atoms with Crippen molar-refractivity contribution >= 4 is 18.1 Å². The molecule has 0 aromatic heterocycles. The van der Waals surface area contributed by atoms with Crippen LogP contribution in [0.2, 0.25) is 0 Å². The van der Waals surface area contributed by atoms with Crippen LogP contribution in [0.1, 0.15) is 25.3 Å². The third kappa shape index (κ3) is 6.69. The second-order valence-electron chi connectivity index (χ2n) is 5.44. The molecule has 26 heavy (non-hydrogen) atoms. The van der Waals surface area contributed by atoms with Crippen molar-refractivity contribution < 1.29 is 23.0 Å². The summed E-state index contributed by atoms with van der Waals surface area (Å²) < 4.78 is 43.1. The van der Waals surface area contributed by atoms with Gasteiger partial charge in [0.1, 0.15) is 23.1 Å². The van der Waals surface area contributed by atoms with Gasteiger partial charge in [-0.3, -0.25) is 0 Å². The fraction of sp³-hybridized carbons (Fsp3) is 0.368. The normalized spacial score (nSPS) is 10.3. The molecule has 0 unspecified atom stereocenters. The fourth-order valence-corrected chi connectivity index (χ4v) is 2.25. The maximum atomic E-state index is 13.4. The first-order valence-electron chi connectivity index (χ1n) is 8.27. The third-order valence-corrected chi connectivity index (χ3v) is 3.54. The lowest BCUT2D eigenvalue weighted by atomic mass is 10.2. The standard InChI is InChI=1S/C19H23F2NO3.ClH/c1-2-24-14-8-9-19(18(22)12-14)25-11-4-3-10-23-13-15-16(20)6-5-7-17(15)21;/h5-9,12H,2-4,10-11,13,22H2,1H3;1H. The molecule has 2 aromatic carbocycles. The van der Waals surface area contributed by atoms with Crippen LogP contribution in [0.15, 0.2) is 36.4 Å². The van der Waals surface area contributed by atoms with E-state index in [2.05, 4.69) is 0 Å². The number of halogens is 3. The van der Waals surface area contributed by atoms with Crippen molar-refractivity contribution in [1.29, 1.82) is 0 Å². The molecular weight excluding hydrogens is 364 g/mol. The largest absolute Gasteiger partial charge is 0.494 e. The molecule has 0 saturated carbocycles. The number of nitrogens with two attached hydrogens (primary N) is 1. The Labute approximate surface area is 158 Å². The molecule has 0 radical (unpaired) electrons. The van der Waals surface area contributed by atoms with Gasteiger partial charge in [-0.1, -0.05) is 6.07 Å². The van der Waals surface area contributed by atoms with E-state index in [1.165, 1.54) is 18.2 Å². The van der Waals surface area contributed by atoms with Crippen molar-refractivity contribution in [2.75, 3.05) is 25.6 Å². The van der Waals surface area contributed by atoms with Crippen molar-refractivity contribution in [2.45, 2.75) is 26.4 Å². The van der Waals surface area contributed by atoms with Crippen LogP contribution in [-0.4, -0.2) is 19.8 Å². The van der Waals surface area contributed by atoms with Crippen LogP contribution in [0.25, 0.3) is 0 Å². The van der Waals surface area contributed by atoms with Crippen LogP contribution in [0, 0.1) is 11.6 Å². The lowest BCUT2D eigenvalue weighted by molar-refractivity contribution is 0.109. The molecule has 2 aromatic rings. The first kappa shape index (κ1) is 22.0. The highest BCUT2D eigenvalue weighted by Crippen LogP contribution is 2.26. The van der Waals surface area contributed by atoms with Gasteiger partial charge in [-0.25, -0.2) is 8.78 Å². The van der Waals surface area contributed by atoms with E-state index >= 15 is 0 Å². The summed E-state index contributed by atoms with van der Waals surface area (Å²) in [5, 5.41) is 0. The Kier molecular flexibility index (Phi) is 9.76. The van der Waals surface area contributed by atoms with Crippen LogP contribution in [-0.2, 0) is 11.3 Å². The van der Waals surface area contributed by atoms with Crippen LogP contribution < -0.4 is 15.2 Å². The SMILES string of the molecule is CCOc1ccc(OCCCCOCc2c(F)cccc2F)c(N)c1.Cl. The average Bonchev–Trinajstić information content (AvgIpc) is 2.58. The summed E-state index contributed by atoms with van der Waals surface area (Å²) in [6.07, 6.45) is 1.46. The first-order valence-corrected chi connectivity index (χ1v) is 8.27. The molecule has 2 rings (SSSR count). The molecule has 0 fully saturated rings. The summed E-state index contributed by atoms with van der Waals surface area (Å²) in [5.74, 6) is 0.141. The van der Waals surface area contributed by atoms with E-state index in [9.17, 15) is 8.78 Å². The molecule has 2 N–H and O–H groups in total. The van der Waals surface area contributed by atoms with E-state index in [1.807, 2.05) is 6.92 Å². The first-order chi connectivity index (χ1) is 12.1.